The second-order valence-electron chi connectivity index (χ2n) is 10.8. The first-order chi connectivity index (χ1) is 20.3. The molecule has 8 nitrogen and oxygen atoms in total. The fraction of sp³-hybridized carbons (Fsp3) is 0.364. The maximum absolute atomic E-state index is 13.7. The highest BCUT2D eigenvalue weighted by Crippen LogP contribution is 2.44. The van der Waals surface area contributed by atoms with Crippen molar-refractivity contribution in [1.82, 2.24) is 15.1 Å². The number of rotatable bonds is 13. The lowest BCUT2D eigenvalue weighted by Crippen LogP contribution is -2.49. The number of carbonyl (C=O) groups excluding carboxylic acids is 2. The van der Waals surface area contributed by atoms with Crippen molar-refractivity contribution in [3.63, 3.8) is 0 Å². The Morgan fingerprint density at radius 2 is 1.48 bits per heavy atom. The molecule has 2 atom stereocenters. The van der Waals surface area contributed by atoms with Crippen molar-refractivity contribution in [2.75, 3.05) is 13.2 Å². The van der Waals surface area contributed by atoms with Crippen LogP contribution in [0.15, 0.2) is 78.9 Å². The molecule has 2 amide bonds. The van der Waals surface area contributed by atoms with Gasteiger partial charge in [0.1, 0.15) is 12.6 Å². The normalized spacial score (nSPS) is 13.8. The van der Waals surface area contributed by atoms with Gasteiger partial charge in [-0.1, -0.05) is 78.9 Å². The molecule has 0 spiro atoms. The molecule has 0 aliphatic heterocycles. The molecule has 42 heavy (non-hydrogen) atoms. The van der Waals surface area contributed by atoms with Crippen LogP contribution in [0.5, 0.6) is 0 Å². The average molecular weight is 587 g/mol. The Hall–Kier alpha value is -3.76. The summed E-state index contributed by atoms with van der Waals surface area (Å²) in [6.07, 6.45) is -0.168. The first-order valence-electron chi connectivity index (χ1n) is 14.3. The van der Waals surface area contributed by atoms with E-state index in [2.05, 4.69) is 45.4 Å². The van der Waals surface area contributed by atoms with Gasteiger partial charge in [0.25, 0.3) is 0 Å². The Labute approximate surface area is 250 Å². The Balaban J connectivity index is 1.49. The Kier molecular flexibility index (Phi) is 11.1. The monoisotopic (exact) mass is 586 g/mol. The molecule has 0 bridgehead atoms. The summed E-state index contributed by atoms with van der Waals surface area (Å²) in [5, 5.41) is 14.9. The molecule has 0 heterocycles. The number of alkyl carbamates (subject to hydrolysis) is 1. The highest BCUT2D eigenvalue weighted by atomic mass is 31.2. The highest BCUT2D eigenvalue weighted by molar-refractivity contribution is 7.48. The number of nitrogens with one attached hydrogen (secondary N) is 2. The first-order valence-corrected chi connectivity index (χ1v) is 15.6. The van der Waals surface area contributed by atoms with Crippen LogP contribution < -0.4 is 10.4 Å². The zero-order valence-corrected chi connectivity index (χ0v) is 25.5. The van der Waals surface area contributed by atoms with Gasteiger partial charge in [0.05, 0.1) is 19.1 Å². The number of ether oxygens (including phenoxy) is 1. The van der Waals surface area contributed by atoms with E-state index in [1.807, 2.05) is 82.3 Å². The van der Waals surface area contributed by atoms with E-state index in [0.29, 0.717) is 0 Å². The van der Waals surface area contributed by atoms with Crippen LogP contribution in [0.25, 0.3) is 11.1 Å². The lowest BCUT2D eigenvalue weighted by atomic mass is 9.98. The van der Waals surface area contributed by atoms with Gasteiger partial charge in [0.15, 0.2) is 0 Å². The molecule has 2 unspecified atom stereocenters. The Morgan fingerprint density at radius 1 is 0.905 bits per heavy atom. The van der Waals surface area contributed by atoms with Crippen LogP contribution in [0.3, 0.4) is 0 Å². The fourth-order valence-corrected chi connectivity index (χ4v) is 7.12. The molecule has 3 aromatic carbocycles. The van der Waals surface area contributed by atoms with Gasteiger partial charge in [-0.3, -0.25) is 9.88 Å². The number of nitriles is 1. The fourth-order valence-electron chi connectivity index (χ4n) is 5.36. The SMILES string of the molecule is CC(C)N(C(C)C)P(NC(=O)C(Cc1ccccc1)NC(=O)OCC1c2ccccc2-c2ccccc21)OCCC#N. The Morgan fingerprint density at radius 3 is 2.05 bits per heavy atom. The summed E-state index contributed by atoms with van der Waals surface area (Å²) < 4.78 is 13.9. The predicted molar refractivity (Wildman–Crippen MR) is 165 cm³/mol. The summed E-state index contributed by atoms with van der Waals surface area (Å²) in [4.78, 5) is 26.9. The predicted octanol–water partition coefficient (Wildman–Crippen LogP) is 6.53. The minimum atomic E-state index is -1.57. The van der Waals surface area contributed by atoms with E-state index in [1.165, 1.54) is 0 Å². The molecule has 0 saturated carbocycles. The van der Waals surface area contributed by atoms with E-state index in [0.717, 1.165) is 27.8 Å². The Bertz CT molecular complexity index is 1340. The number of fused-ring (bicyclic) bond motifs is 3. The molecule has 0 aromatic heterocycles. The van der Waals surface area contributed by atoms with Gasteiger partial charge in [-0.05, 0) is 55.5 Å². The zero-order valence-electron chi connectivity index (χ0n) is 24.6. The van der Waals surface area contributed by atoms with Crippen molar-refractivity contribution in [2.24, 2.45) is 0 Å². The summed E-state index contributed by atoms with van der Waals surface area (Å²) in [6, 6.07) is 27.2. The molecule has 0 radical (unpaired) electrons. The third-order valence-corrected chi connectivity index (χ3v) is 9.32. The van der Waals surface area contributed by atoms with Crippen LogP contribution in [0.2, 0.25) is 0 Å². The third-order valence-electron chi connectivity index (χ3n) is 7.14. The molecule has 1 aliphatic rings. The number of nitrogens with zero attached hydrogens (tertiary/aromatic N) is 2. The van der Waals surface area contributed by atoms with E-state index in [-0.39, 0.29) is 50.0 Å². The maximum Gasteiger partial charge on any atom is 0.407 e. The van der Waals surface area contributed by atoms with Crippen LogP contribution in [-0.2, 0) is 20.5 Å². The smallest absolute Gasteiger partial charge is 0.407 e. The van der Waals surface area contributed by atoms with Crippen molar-refractivity contribution in [2.45, 2.75) is 64.6 Å². The van der Waals surface area contributed by atoms with E-state index in [1.54, 1.807) is 0 Å². The van der Waals surface area contributed by atoms with E-state index < -0.39 is 20.6 Å². The molecule has 220 valence electrons. The summed E-state index contributed by atoms with van der Waals surface area (Å²) in [7, 11) is -1.57. The van der Waals surface area contributed by atoms with Crippen molar-refractivity contribution >= 4 is 20.5 Å². The largest absolute Gasteiger partial charge is 0.449 e. The summed E-state index contributed by atoms with van der Waals surface area (Å²) in [6.45, 7) is 8.48. The van der Waals surface area contributed by atoms with Crippen molar-refractivity contribution in [3.05, 3.63) is 95.6 Å². The molecule has 0 saturated heterocycles. The molecule has 4 rings (SSSR count). The average Bonchev–Trinajstić information content (AvgIpc) is 3.29. The van der Waals surface area contributed by atoms with Gasteiger partial charge in [-0.25, -0.2) is 9.46 Å². The van der Waals surface area contributed by atoms with Crippen LogP contribution >= 0.6 is 8.45 Å². The minimum Gasteiger partial charge on any atom is -0.449 e. The lowest BCUT2D eigenvalue weighted by molar-refractivity contribution is -0.121. The second-order valence-corrected chi connectivity index (χ2v) is 12.3. The van der Waals surface area contributed by atoms with Gasteiger partial charge >= 0.3 is 6.09 Å². The maximum atomic E-state index is 13.7. The van der Waals surface area contributed by atoms with Crippen LogP contribution in [0, 0.1) is 11.3 Å². The van der Waals surface area contributed by atoms with Gasteiger partial charge in [-0.2, -0.15) is 5.26 Å². The minimum absolute atomic E-state index is 0.0844. The van der Waals surface area contributed by atoms with E-state index in [4.69, 9.17) is 14.5 Å². The second kappa shape index (κ2) is 14.9. The van der Waals surface area contributed by atoms with E-state index in [9.17, 15) is 9.59 Å². The van der Waals surface area contributed by atoms with Crippen LogP contribution in [0.4, 0.5) is 4.79 Å². The zero-order chi connectivity index (χ0) is 30.1. The van der Waals surface area contributed by atoms with Gasteiger partial charge in [-0.15, -0.1) is 0 Å². The number of hydrogen-bond donors (Lipinski definition) is 2. The topological polar surface area (TPSA) is 104 Å². The number of amides is 2. The first kappa shape index (κ1) is 31.2. The summed E-state index contributed by atoms with van der Waals surface area (Å²) in [5.41, 5.74) is 5.43. The standard InChI is InChI=1S/C33H39N4O4P/c1-23(2)37(24(3)4)42(41-20-12-19-34)36-32(38)31(21-25-13-6-5-7-14-25)35-33(39)40-22-30-28-17-10-8-15-26(28)27-16-9-11-18-29(27)30/h5-11,13-18,23-24,30-31H,12,20-22H2,1-4H3,(H,35,39)(H,36,38). The van der Waals surface area contributed by atoms with E-state index >= 15 is 0 Å². The summed E-state index contributed by atoms with van der Waals surface area (Å²) in [5.74, 6) is -0.460. The molecular formula is C33H39N4O4P. The van der Waals surface area contributed by atoms with Gasteiger partial charge in [0.2, 0.25) is 14.4 Å². The number of benzene rings is 3. The number of hydrogen-bond acceptors (Lipinski definition) is 6. The highest BCUT2D eigenvalue weighted by Gasteiger charge is 2.32. The third kappa shape index (κ3) is 7.74. The molecule has 3 aromatic rings. The van der Waals surface area contributed by atoms with Gasteiger partial charge in [0, 0.05) is 24.4 Å². The van der Waals surface area contributed by atoms with Gasteiger partial charge < -0.3 is 14.6 Å². The van der Waals surface area contributed by atoms with Crippen LogP contribution in [-0.4, -0.2) is 48.0 Å². The molecular weight excluding hydrogens is 547 g/mol. The lowest BCUT2D eigenvalue weighted by Gasteiger charge is -2.37. The quantitative estimate of drug-likeness (QED) is 0.174. The summed E-state index contributed by atoms with van der Waals surface area (Å²) >= 11 is 0. The molecule has 1 aliphatic carbocycles. The van der Waals surface area contributed by atoms with Crippen LogP contribution in [0.1, 0.15) is 56.7 Å². The van der Waals surface area contributed by atoms with Crippen molar-refractivity contribution in [3.8, 4) is 17.2 Å². The van der Waals surface area contributed by atoms with Crippen molar-refractivity contribution < 1.29 is 18.8 Å². The number of carbonyl (C=O) groups is 2. The molecule has 9 heteroatoms. The molecule has 2 N–H and O–H groups in total. The van der Waals surface area contributed by atoms with Crippen molar-refractivity contribution in [1.29, 1.82) is 5.26 Å². The molecule has 0 fully saturated rings.